The number of nitrogens with one attached hydrogen (secondary N) is 1. The molecule has 1 fully saturated rings. The highest BCUT2D eigenvalue weighted by Crippen LogP contribution is 2.50. The zero-order valence-electron chi connectivity index (χ0n) is 24.1. The number of hydrogen-bond acceptors (Lipinski definition) is 2. The van der Waals surface area contributed by atoms with Crippen molar-refractivity contribution in [2.24, 2.45) is 11.8 Å². The van der Waals surface area contributed by atoms with E-state index in [0.29, 0.717) is 17.4 Å². The molecule has 1 aliphatic rings. The van der Waals surface area contributed by atoms with Crippen molar-refractivity contribution in [2.45, 2.75) is 53.9 Å². The van der Waals surface area contributed by atoms with Gasteiger partial charge in [0.15, 0.2) is 0 Å². The molecule has 38 heavy (non-hydrogen) atoms. The van der Waals surface area contributed by atoms with Crippen molar-refractivity contribution < 1.29 is 4.39 Å². The summed E-state index contributed by atoms with van der Waals surface area (Å²) in [5.74, 6) is 1.17. The van der Waals surface area contributed by atoms with Gasteiger partial charge in [-0.15, -0.1) is 24.5 Å². The van der Waals surface area contributed by atoms with E-state index in [1.165, 1.54) is 39.1 Å². The molecule has 4 rings (SSSR count). The van der Waals surface area contributed by atoms with Gasteiger partial charge in [0.05, 0.1) is 0 Å². The monoisotopic (exact) mass is 529 g/mol. The van der Waals surface area contributed by atoms with Crippen LogP contribution in [0.5, 0.6) is 0 Å². The summed E-state index contributed by atoms with van der Waals surface area (Å²) in [6.45, 7) is 25.4. The maximum absolute atomic E-state index is 13.5. The maximum Gasteiger partial charge on any atom is 0.126 e. The molecule has 1 saturated carbocycles. The molecule has 2 atom stereocenters. The zero-order valence-corrected chi connectivity index (χ0v) is 24.9. The third-order valence-electron chi connectivity index (χ3n) is 6.69. The van der Waals surface area contributed by atoms with E-state index >= 15 is 0 Å². The van der Waals surface area contributed by atoms with E-state index < -0.39 is 0 Å². The molecule has 1 N–H and O–H groups in total. The fourth-order valence-electron chi connectivity index (χ4n) is 4.28. The van der Waals surface area contributed by atoms with Gasteiger partial charge in [0.2, 0.25) is 0 Å². The molecule has 1 aromatic heterocycles. The molecule has 0 aliphatic heterocycles. The van der Waals surface area contributed by atoms with Crippen molar-refractivity contribution >= 4 is 22.6 Å². The molecule has 3 aromatic rings. The zero-order chi connectivity index (χ0) is 28.4. The van der Waals surface area contributed by atoms with Crippen LogP contribution in [0.25, 0.3) is 16.7 Å². The van der Waals surface area contributed by atoms with Crippen molar-refractivity contribution in [3.05, 3.63) is 119 Å². The second kappa shape index (κ2) is 14.7. The van der Waals surface area contributed by atoms with Crippen LogP contribution in [0, 0.1) is 31.5 Å². The highest BCUT2D eigenvalue weighted by Gasteiger charge is 2.41. The minimum atomic E-state index is -0.138. The summed E-state index contributed by atoms with van der Waals surface area (Å²) in [4.78, 5) is 1.44. The lowest BCUT2D eigenvalue weighted by Gasteiger charge is -2.05. The lowest BCUT2D eigenvalue weighted by atomic mass is 10.00. The van der Waals surface area contributed by atoms with Crippen molar-refractivity contribution in [3.63, 3.8) is 0 Å². The van der Waals surface area contributed by atoms with E-state index in [0.717, 1.165) is 29.7 Å². The van der Waals surface area contributed by atoms with Gasteiger partial charge in [-0.25, -0.2) is 4.39 Å². The Morgan fingerprint density at radius 1 is 1.03 bits per heavy atom. The van der Waals surface area contributed by atoms with Crippen molar-refractivity contribution in [2.75, 3.05) is 12.4 Å². The van der Waals surface area contributed by atoms with Gasteiger partial charge < -0.3 is 5.32 Å². The Bertz CT molecular complexity index is 1260. The highest BCUT2D eigenvalue weighted by molar-refractivity contribution is 7.10. The summed E-state index contributed by atoms with van der Waals surface area (Å²) in [6.07, 6.45) is 5.34. The second-order valence-electron chi connectivity index (χ2n) is 10.3. The van der Waals surface area contributed by atoms with Crippen LogP contribution < -0.4 is 5.32 Å². The smallest absolute Gasteiger partial charge is 0.126 e. The number of aryl methyl sites for hydroxylation is 1. The lowest BCUT2D eigenvalue weighted by molar-refractivity contribution is 0.619. The number of hydrogen-bond donors (Lipinski definition) is 1. The number of rotatable bonds is 8. The Morgan fingerprint density at radius 2 is 1.66 bits per heavy atom. The average Bonchev–Trinajstić information content (AvgIpc) is 3.33. The Kier molecular flexibility index (Phi) is 12.0. The fourth-order valence-corrected chi connectivity index (χ4v) is 5.41. The van der Waals surface area contributed by atoms with Crippen molar-refractivity contribution in [1.29, 1.82) is 0 Å². The first kappa shape index (κ1) is 31.1. The summed E-state index contributed by atoms with van der Waals surface area (Å²) < 4.78 is 13.5. The van der Waals surface area contributed by atoms with Crippen LogP contribution in [0.3, 0.4) is 0 Å². The highest BCUT2D eigenvalue weighted by atomic mass is 32.1. The Morgan fingerprint density at radius 3 is 2.18 bits per heavy atom. The third-order valence-corrected chi connectivity index (χ3v) is 7.80. The van der Waals surface area contributed by atoms with Crippen LogP contribution in [-0.4, -0.2) is 7.05 Å². The van der Waals surface area contributed by atoms with Crippen molar-refractivity contribution in [3.8, 4) is 11.1 Å². The predicted molar refractivity (Wildman–Crippen MR) is 170 cm³/mol. The second-order valence-corrected chi connectivity index (χ2v) is 11.3. The maximum atomic E-state index is 13.5. The van der Waals surface area contributed by atoms with E-state index in [9.17, 15) is 4.39 Å². The first-order valence-corrected chi connectivity index (χ1v) is 14.1. The summed E-state index contributed by atoms with van der Waals surface area (Å²) in [6, 6.07) is 13.6. The van der Waals surface area contributed by atoms with Gasteiger partial charge >= 0.3 is 0 Å². The lowest BCUT2D eigenvalue weighted by Crippen LogP contribution is -1.91. The van der Waals surface area contributed by atoms with Gasteiger partial charge in [-0.2, -0.15) is 0 Å². The summed E-state index contributed by atoms with van der Waals surface area (Å²) in [5, 5.41) is 5.27. The molecule has 0 bridgehead atoms. The molecule has 1 nitrogen and oxygen atoms in total. The third kappa shape index (κ3) is 8.99. The van der Waals surface area contributed by atoms with Gasteiger partial charge in [-0.3, -0.25) is 0 Å². The molecule has 2 unspecified atom stereocenters. The van der Waals surface area contributed by atoms with E-state index in [2.05, 4.69) is 56.1 Å². The summed E-state index contributed by atoms with van der Waals surface area (Å²) in [7, 11) is 1.91. The number of benzene rings is 2. The minimum Gasteiger partial charge on any atom is -0.388 e. The van der Waals surface area contributed by atoms with Gasteiger partial charge in [0, 0.05) is 17.6 Å². The first-order valence-electron chi connectivity index (χ1n) is 13.2. The SMILES string of the molecule is C=C(C)C.C=C(C)c1ccc(NC)cc1.C=CCCC1C(=C)C1Cc1scc(-c2ccc(F)c(C)c2)c1C. The van der Waals surface area contributed by atoms with E-state index in [-0.39, 0.29) is 5.82 Å². The Hall–Kier alpha value is -3.17. The largest absolute Gasteiger partial charge is 0.388 e. The minimum absolute atomic E-state index is 0.138. The van der Waals surface area contributed by atoms with Crippen LogP contribution in [0.15, 0.2) is 91.4 Å². The van der Waals surface area contributed by atoms with Crippen molar-refractivity contribution in [1.82, 2.24) is 0 Å². The predicted octanol–water partition coefficient (Wildman–Crippen LogP) is 10.8. The standard InChI is InChI=1S/C21H23FS.C10H13N.C4H8/c1-5-6-7-17-14(3)18(17)11-21-15(4)19(12-23-21)16-8-9-20(22)13(2)10-16;1-8(2)9-4-6-10(11-3)7-5-9;1-4(2)3/h5,8-10,12,17-18H,1,3,6-7,11H2,2,4H3;4-7,11H,1H2,2-3H3;1H2,2-3H3. The van der Waals surface area contributed by atoms with Gasteiger partial charge in [0.1, 0.15) is 5.82 Å². The molecule has 0 amide bonds. The van der Waals surface area contributed by atoms with Gasteiger partial charge in [-0.1, -0.05) is 54.2 Å². The fraction of sp³-hybridized carbons (Fsp3) is 0.314. The molecule has 1 aliphatic carbocycles. The Labute approximate surface area is 234 Å². The molecule has 1 heterocycles. The topological polar surface area (TPSA) is 12.0 Å². The van der Waals surface area contributed by atoms with Crippen LogP contribution >= 0.6 is 11.3 Å². The van der Waals surface area contributed by atoms with Crippen LogP contribution in [0.1, 0.15) is 55.2 Å². The van der Waals surface area contributed by atoms with Gasteiger partial charge in [-0.05, 0) is 123 Å². The molecular formula is C35H44FNS. The van der Waals surface area contributed by atoms with E-state index in [1.54, 1.807) is 6.07 Å². The average molecular weight is 530 g/mol. The molecule has 3 heteroatoms. The Balaban J connectivity index is 0.000000281. The normalized spacial score (nSPS) is 15.4. The van der Waals surface area contributed by atoms with E-state index in [1.807, 2.05) is 76.4 Å². The first-order chi connectivity index (χ1) is 18.0. The number of allylic oxidation sites excluding steroid dienone is 4. The number of anilines is 1. The summed E-state index contributed by atoms with van der Waals surface area (Å²) >= 11 is 1.82. The number of halogens is 1. The summed E-state index contributed by atoms with van der Waals surface area (Å²) in [5.41, 5.74) is 10.4. The quantitative estimate of drug-likeness (QED) is 0.286. The molecule has 0 radical (unpaired) electrons. The number of thiophene rings is 1. The molecular weight excluding hydrogens is 485 g/mol. The molecule has 0 spiro atoms. The van der Waals surface area contributed by atoms with Gasteiger partial charge in [0.25, 0.3) is 0 Å². The van der Waals surface area contributed by atoms with E-state index in [4.69, 9.17) is 0 Å². The van der Waals surface area contributed by atoms with Crippen LogP contribution in [0.4, 0.5) is 10.1 Å². The molecule has 0 saturated heterocycles. The molecule has 2 aromatic carbocycles. The van der Waals surface area contributed by atoms with Crippen LogP contribution in [-0.2, 0) is 6.42 Å². The van der Waals surface area contributed by atoms with Crippen LogP contribution in [0.2, 0.25) is 0 Å². The molecule has 202 valence electrons.